The number of hydrogen-bond donors (Lipinski definition) is 1. The normalized spacial score (nSPS) is 17.8. The van der Waals surface area contributed by atoms with Crippen molar-refractivity contribution in [2.24, 2.45) is 0 Å². The first-order valence-corrected chi connectivity index (χ1v) is 10.2. The molecule has 0 heterocycles. The summed E-state index contributed by atoms with van der Waals surface area (Å²) in [6, 6.07) is 0. The number of rotatable bonds is 11. The fourth-order valence-corrected chi connectivity index (χ4v) is 2.46. The van der Waals surface area contributed by atoms with E-state index in [1.165, 1.54) is 48.8 Å². The van der Waals surface area contributed by atoms with Gasteiger partial charge in [0.25, 0.3) is 0 Å². The molecule has 0 aromatic heterocycles. The molecule has 2 aliphatic carbocycles. The zero-order chi connectivity index (χ0) is 18.5. The molecular formula is C23H40O2. The minimum Gasteiger partial charge on any atom is -0.396 e. The fraction of sp³-hybridized carbons (Fsp3) is 0.739. The van der Waals surface area contributed by atoms with Gasteiger partial charge in [0, 0.05) is 6.61 Å². The van der Waals surface area contributed by atoms with Crippen molar-refractivity contribution >= 4 is 0 Å². The maximum atomic E-state index is 8.71. The highest BCUT2D eigenvalue weighted by atomic mass is 16.5. The molecule has 0 radical (unpaired) electrons. The van der Waals surface area contributed by atoms with Crippen molar-refractivity contribution in [1.29, 1.82) is 0 Å². The van der Waals surface area contributed by atoms with E-state index in [0.717, 1.165) is 32.1 Å². The second-order valence-corrected chi connectivity index (χ2v) is 7.86. The van der Waals surface area contributed by atoms with Crippen molar-refractivity contribution < 1.29 is 9.84 Å². The highest BCUT2D eigenvalue weighted by Gasteiger charge is 2.31. The molecule has 2 nitrogen and oxygen atoms in total. The van der Waals surface area contributed by atoms with Gasteiger partial charge in [-0.3, -0.25) is 0 Å². The average molecular weight is 349 g/mol. The number of unbranched alkanes of at least 4 members (excludes halogenated alkanes) is 1. The number of aliphatic hydroxyl groups is 1. The summed E-state index contributed by atoms with van der Waals surface area (Å²) in [5, 5.41) is 8.71. The molecular weight excluding hydrogens is 308 g/mol. The first-order chi connectivity index (χ1) is 12.0. The molecule has 0 bridgehead atoms. The predicted molar refractivity (Wildman–Crippen MR) is 109 cm³/mol. The molecule has 0 spiro atoms. The van der Waals surface area contributed by atoms with E-state index >= 15 is 0 Å². The Hall–Kier alpha value is -0.860. The van der Waals surface area contributed by atoms with E-state index in [9.17, 15) is 0 Å². The largest absolute Gasteiger partial charge is 0.396 e. The number of allylic oxidation sites excluding steroid dienone is 6. The van der Waals surface area contributed by atoms with Crippen molar-refractivity contribution in [3.05, 3.63) is 34.9 Å². The van der Waals surface area contributed by atoms with Crippen LogP contribution < -0.4 is 0 Å². The van der Waals surface area contributed by atoms with Gasteiger partial charge in [0.15, 0.2) is 0 Å². The molecule has 0 aliphatic heterocycles. The quantitative estimate of drug-likeness (QED) is 0.341. The summed E-state index contributed by atoms with van der Waals surface area (Å²) < 4.78 is 5.47. The third-order valence-electron chi connectivity index (χ3n) is 4.41. The van der Waals surface area contributed by atoms with E-state index in [1.54, 1.807) is 0 Å². The summed E-state index contributed by atoms with van der Waals surface area (Å²) in [5.74, 6) is 0. The molecule has 25 heavy (non-hydrogen) atoms. The van der Waals surface area contributed by atoms with Gasteiger partial charge in [-0.2, -0.15) is 0 Å². The second kappa shape index (κ2) is 13.4. The van der Waals surface area contributed by atoms with E-state index in [2.05, 4.69) is 45.9 Å². The molecule has 0 unspecified atom stereocenters. The molecule has 144 valence electrons. The van der Waals surface area contributed by atoms with Crippen molar-refractivity contribution in [2.75, 3.05) is 6.61 Å². The van der Waals surface area contributed by atoms with Gasteiger partial charge in [0.05, 0.1) is 12.2 Å². The Bertz CT molecular complexity index is 423. The van der Waals surface area contributed by atoms with Crippen LogP contribution in [0, 0.1) is 0 Å². The molecule has 2 rings (SSSR count). The average Bonchev–Trinajstić information content (AvgIpc) is 3.46. The molecule has 1 N–H and O–H groups in total. The molecule has 2 aliphatic rings. The van der Waals surface area contributed by atoms with E-state index in [-0.39, 0.29) is 0 Å². The molecule has 0 saturated heterocycles. The van der Waals surface area contributed by atoms with Crippen LogP contribution in [0.1, 0.15) is 91.9 Å². The highest BCUT2D eigenvalue weighted by Crippen LogP contribution is 2.33. The summed E-state index contributed by atoms with van der Waals surface area (Å²) in [5.41, 5.74) is 4.35. The van der Waals surface area contributed by atoms with Gasteiger partial charge >= 0.3 is 0 Å². The summed E-state index contributed by atoms with van der Waals surface area (Å²) >= 11 is 0. The van der Waals surface area contributed by atoms with Crippen molar-refractivity contribution in [3.63, 3.8) is 0 Å². The topological polar surface area (TPSA) is 29.5 Å². The first kappa shape index (κ1) is 22.2. The maximum Gasteiger partial charge on any atom is 0.0580 e. The van der Waals surface area contributed by atoms with Crippen LogP contribution in [0.5, 0.6) is 0 Å². The zero-order valence-electron chi connectivity index (χ0n) is 17.0. The van der Waals surface area contributed by atoms with Gasteiger partial charge in [-0.1, -0.05) is 34.9 Å². The lowest BCUT2D eigenvalue weighted by Gasteiger charge is -2.01. The van der Waals surface area contributed by atoms with E-state index in [1.807, 2.05) is 0 Å². The Balaban J connectivity index is 0.000000359. The van der Waals surface area contributed by atoms with Gasteiger partial charge in [0.2, 0.25) is 0 Å². The van der Waals surface area contributed by atoms with Crippen LogP contribution in [0.3, 0.4) is 0 Å². The van der Waals surface area contributed by atoms with Gasteiger partial charge < -0.3 is 9.84 Å². The van der Waals surface area contributed by atoms with Gasteiger partial charge in [-0.15, -0.1) is 0 Å². The fourth-order valence-electron chi connectivity index (χ4n) is 2.46. The van der Waals surface area contributed by atoms with Gasteiger partial charge in [-0.05, 0) is 91.9 Å². The minimum absolute atomic E-state index is 0.299. The molecule has 0 aromatic rings. The Labute approximate surface area is 156 Å². The SMILES string of the molecule is C1CC1OC1CC1.CC(C)=CCC/C(C)=C/CC/C(C)=C/CCCO. The molecule has 2 saturated carbocycles. The van der Waals surface area contributed by atoms with Crippen LogP contribution in [-0.2, 0) is 4.74 Å². The highest BCUT2D eigenvalue weighted by molar-refractivity contribution is 5.05. The molecule has 2 fully saturated rings. The standard InChI is InChI=1S/C17H30O.C6H10O/c1-15(2)9-7-11-17(4)13-8-12-16(3)10-5-6-14-18;1-2-5(1)7-6-3-4-6/h9-10,13,18H,5-8,11-12,14H2,1-4H3;5-6H,1-4H2/b16-10+,17-13+;. The molecule has 0 atom stereocenters. The summed E-state index contributed by atoms with van der Waals surface area (Å²) in [7, 11) is 0. The number of hydrogen-bond acceptors (Lipinski definition) is 2. The maximum absolute atomic E-state index is 8.71. The number of ether oxygens (including phenoxy) is 1. The molecule has 2 heteroatoms. The van der Waals surface area contributed by atoms with Crippen molar-refractivity contribution in [2.45, 2.75) is 104 Å². The second-order valence-electron chi connectivity index (χ2n) is 7.86. The van der Waals surface area contributed by atoms with Gasteiger partial charge in [-0.25, -0.2) is 0 Å². The summed E-state index contributed by atoms with van der Waals surface area (Å²) in [4.78, 5) is 0. The summed E-state index contributed by atoms with van der Waals surface area (Å²) in [6.07, 6.45) is 20.1. The van der Waals surface area contributed by atoms with Crippen LogP contribution in [0.15, 0.2) is 34.9 Å². The molecule has 0 amide bonds. The van der Waals surface area contributed by atoms with Crippen LogP contribution in [0.25, 0.3) is 0 Å². The summed E-state index contributed by atoms with van der Waals surface area (Å²) in [6.45, 7) is 9.01. The van der Waals surface area contributed by atoms with E-state index < -0.39 is 0 Å². The Kier molecular flexibility index (Phi) is 11.9. The lowest BCUT2D eigenvalue weighted by molar-refractivity contribution is 0.105. The molecule has 0 aromatic carbocycles. The van der Waals surface area contributed by atoms with Crippen LogP contribution in [-0.4, -0.2) is 23.9 Å². The van der Waals surface area contributed by atoms with E-state index in [4.69, 9.17) is 9.84 Å². The van der Waals surface area contributed by atoms with Crippen LogP contribution in [0.4, 0.5) is 0 Å². The monoisotopic (exact) mass is 348 g/mol. The lowest BCUT2D eigenvalue weighted by atomic mass is 10.1. The third kappa shape index (κ3) is 15.1. The first-order valence-electron chi connectivity index (χ1n) is 10.2. The Morgan fingerprint density at radius 1 is 0.800 bits per heavy atom. The Morgan fingerprint density at radius 3 is 1.72 bits per heavy atom. The van der Waals surface area contributed by atoms with Gasteiger partial charge in [0.1, 0.15) is 0 Å². The smallest absolute Gasteiger partial charge is 0.0580 e. The third-order valence-corrected chi connectivity index (χ3v) is 4.41. The minimum atomic E-state index is 0.299. The van der Waals surface area contributed by atoms with Crippen LogP contribution >= 0.6 is 0 Å². The van der Waals surface area contributed by atoms with Crippen molar-refractivity contribution in [3.8, 4) is 0 Å². The predicted octanol–water partition coefficient (Wildman–Crippen LogP) is 6.51. The Morgan fingerprint density at radius 2 is 1.28 bits per heavy atom. The lowest BCUT2D eigenvalue weighted by Crippen LogP contribution is -1.93. The van der Waals surface area contributed by atoms with Crippen molar-refractivity contribution in [1.82, 2.24) is 0 Å². The zero-order valence-corrected chi connectivity index (χ0v) is 17.0. The van der Waals surface area contributed by atoms with Crippen LogP contribution in [0.2, 0.25) is 0 Å². The van der Waals surface area contributed by atoms with E-state index in [0.29, 0.717) is 18.8 Å². The number of aliphatic hydroxyl groups excluding tert-OH is 1.